The van der Waals surface area contributed by atoms with Gasteiger partial charge in [-0.1, -0.05) is 6.42 Å². The average molecular weight is 448 g/mol. The van der Waals surface area contributed by atoms with Crippen molar-refractivity contribution >= 4 is 11.6 Å². The maximum Gasteiger partial charge on any atom is 0.433 e. The van der Waals surface area contributed by atoms with Crippen LogP contribution in [-0.4, -0.2) is 51.2 Å². The lowest BCUT2D eigenvalue weighted by molar-refractivity contribution is -0.142. The zero-order valence-corrected chi connectivity index (χ0v) is 17.3. The van der Waals surface area contributed by atoms with Crippen LogP contribution >= 0.6 is 0 Å². The van der Waals surface area contributed by atoms with Crippen molar-refractivity contribution in [3.05, 3.63) is 41.9 Å². The SMILES string of the molecule is O=C(OC[C@@H]1CCCN2CCCC[C@H]12)c1cc2nc(-c3ccco3)cc(C(F)(F)F)n2n1. The van der Waals surface area contributed by atoms with Crippen molar-refractivity contribution in [2.45, 2.75) is 44.3 Å². The number of piperidine rings is 2. The molecule has 0 aliphatic carbocycles. The fraction of sp³-hybridized carbons (Fsp3) is 0.500. The lowest BCUT2D eigenvalue weighted by Crippen LogP contribution is -2.49. The van der Waals surface area contributed by atoms with Crippen LogP contribution in [0.1, 0.15) is 48.3 Å². The first-order valence-electron chi connectivity index (χ1n) is 10.8. The van der Waals surface area contributed by atoms with E-state index in [1.807, 2.05) is 0 Å². The Labute approximate surface area is 182 Å². The van der Waals surface area contributed by atoms with Gasteiger partial charge in [-0.05, 0) is 57.0 Å². The molecule has 3 aromatic rings. The van der Waals surface area contributed by atoms with Crippen molar-refractivity contribution in [1.82, 2.24) is 19.5 Å². The highest BCUT2D eigenvalue weighted by Gasteiger charge is 2.37. The Morgan fingerprint density at radius 1 is 1.19 bits per heavy atom. The van der Waals surface area contributed by atoms with Crippen molar-refractivity contribution in [3.8, 4) is 11.5 Å². The number of halogens is 3. The topological polar surface area (TPSA) is 72.9 Å². The van der Waals surface area contributed by atoms with Gasteiger partial charge >= 0.3 is 12.1 Å². The smallest absolute Gasteiger partial charge is 0.433 e. The second-order valence-corrected chi connectivity index (χ2v) is 8.40. The zero-order valence-electron chi connectivity index (χ0n) is 17.3. The number of carbonyl (C=O) groups is 1. The third-order valence-corrected chi connectivity index (χ3v) is 6.36. The summed E-state index contributed by atoms with van der Waals surface area (Å²) in [4.78, 5) is 19.3. The molecule has 170 valence electrons. The first-order chi connectivity index (χ1) is 15.4. The quantitative estimate of drug-likeness (QED) is 0.550. The van der Waals surface area contributed by atoms with Crippen LogP contribution in [0.4, 0.5) is 13.2 Å². The second-order valence-electron chi connectivity index (χ2n) is 8.40. The molecule has 2 atom stereocenters. The van der Waals surface area contributed by atoms with Crippen LogP contribution in [0.5, 0.6) is 0 Å². The molecule has 0 spiro atoms. The molecule has 7 nitrogen and oxygen atoms in total. The van der Waals surface area contributed by atoms with Gasteiger partial charge in [0.05, 0.1) is 12.9 Å². The van der Waals surface area contributed by atoms with E-state index in [9.17, 15) is 18.0 Å². The van der Waals surface area contributed by atoms with Gasteiger partial charge in [-0.3, -0.25) is 4.90 Å². The Balaban J connectivity index is 1.38. The number of ether oxygens (including phenoxy) is 1. The number of alkyl halides is 3. The Kier molecular flexibility index (Phi) is 5.40. The van der Waals surface area contributed by atoms with Gasteiger partial charge in [-0.15, -0.1) is 0 Å². The minimum atomic E-state index is -4.69. The molecular formula is C22H23F3N4O3. The highest BCUT2D eigenvalue weighted by atomic mass is 19.4. The predicted octanol–water partition coefficient (Wildman–Crippen LogP) is 4.43. The van der Waals surface area contributed by atoms with E-state index in [-0.39, 0.29) is 35.3 Å². The molecule has 2 aliphatic heterocycles. The van der Waals surface area contributed by atoms with E-state index in [2.05, 4.69) is 15.0 Å². The summed E-state index contributed by atoms with van der Waals surface area (Å²) in [5.41, 5.74) is -1.34. The highest BCUT2D eigenvalue weighted by molar-refractivity contribution is 5.88. The lowest BCUT2D eigenvalue weighted by Gasteiger charge is -2.44. The predicted molar refractivity (Wildman–Crippen MR) is 108 cm³/mol. The van der Waals surface area contributed by atoms with Gasteiger partial charge in [-0.25, -0.2) is 14.3 Å². The molecule has 0 bridgehead atoms. The van der Waals surface area contributed by atoms with E-state index >= 15 is 0 Å². The molecule has 0 unspecified atom stereocenters. The second kappa shape index (κ2) is 8.23. The molecule has 2 fully saturated rings. The van der Waals surface area contributed by atoms with Gasteiger partial charge in [0, 0.05) is 18.0 Å². The van der Waals surface area contributed by atoms with Crippen molar-refractivity contribution in [2.75, 3.05) is 19.7 Å². The summed E-state index contributed by atoms with van der Waals surface area (Å²) in [5, 5.41) is 3.87. The van der Waals surface area contributed by atoms with Gasteiger partial charge in [0.25, 0.3) is 0 Å². The summed E-state index contributed by atoms with van der Waals surface area (Å²) >= 11 is 0. The normalized spacial score (nSPS) is 22.1. The van der Waals surface area contributed by atoms with E-state index in [0.717, 1.165) is 38.4 Å². The summed E-state index contributed by atoms with van der Waals surface area (Å²) in [6.45, 7) is 2.39. The highest BCUT2D eigenvalue weighted by Crippen LogP contribution is 2.33. The van der Waals surface area contributed by atoms with Crippen LogP contribution in [0.15, 0.2) is 34.9 Å². The number of esters is 1. The number of fused-ring (bicyclic) bond motifs is 2. The van der Waals surface area contributed by atoms with Gasteiger partial charge < -0.3 is 9.15 Å². The molecule has 2 aliphatic rings. The number of nitrogens with zero attached hydrogens (tertiary/aromatic N) is 4. The number of carbonyl (C=O) groups excluding carboxylic acids is 1. The van der Waals surface area contributed by atoms with E-state index < -0.39 is 17.8 Å². The third kappa shape index (κ3) is 3.99. The molecule has 5 rings (SSSR count). The first kappa shape index (κ1) is 21.0. The van der Waals surface area contributed by atoms with E-state index in [1.54, 1.807) is 6.07 Å². The molecule has 2 saturated heterocycles. The minimum absolute atomic E-state index is 0.00855. The number of aromatic nitrogens is 3. The molecule has 0 saturated carbocycles. The van der Waals surface area contributed by atoms with Gasteiger partial charge in [0.2, 0.25) is 0 Å². The Hall–Kier alpha value is -2.88. The maximum atomic E-state index is 13.7. The fourth-order valence-corrected chi connectivity index (χ4v) is 4.85. The molecule has 0 radical (unpaired) electrons. The standard InChI is InChI=1S/C22H23F3N4O3/c23-22(24,25)19-11-15(18-7-4-10-31-18)26-20-12-16(27-29(19)20)21(30)32-13-14-5-3-9-28-8-2-1-6-17(14)28/h4,7,10-12,14,17H,1-3,5-6,8-9,13H2/t14-,17+/m0/s1. The van der Waals surface area contributed by atoms with E-state index in [0.29, 0.717) is 10.6 Å². The van der Waals surface area contributed by atoms with Gasteiger partial charge in [0.15, 0.2) is 22.8 Å². The van der Waals surface area contributed by atoms with E-state index in [4.69, 9.17) is 9.15 Å². The molecule has 0 aromatic carbocycles. The number of hydrogen-bond acceptors (Lipinski definition) is 6. The number of furan rings is 1. The molecular weight excluding hydrogens is 425 g/mol. The van der Waals surface area contributed by atoms with Gasteiger partial charge in [-0.2, -0.15) is 18.3 Å². The molecule has 3 aromatic heterocycles. The summed E-state index contributed by atoms with van der Waals surface area (Å²) in [6.07, 6.45) is 2.15. The van der Waals surface area contributed by atoms with Crippen molar-refractivity contribution in [1.29, 1.82) is 0 Å². The van der Waals surface area contributed by atoms with Crippen LogP contribution < -0.4 is 0 Å². The Bertz CT molecular complexity index is 1110. The third-order valence-electron chi connectivity index (χ3n) is 6.36. The summed E-state index contributed by atoms with van der Waals surface area (Å²) in [7, 11) is 0. The minimum Gasteiger partial charge on any atom is -0.463 e. The number of rotatable bonds is 4. The Morgan fingerprint density at radius 3 is 2.81 bits per heavy atom. The van der Waals surface area contributed by atoms with Crippen LogP contribution in [0.25, 0.3) is 17.1 Å². The van der Waals surface area contributed by atoms with Crippen molar-refractivity contribution < 1.29 is 27.1 Å². The summed E-state index contributed by atoms with van der Waals surface area (Å²) < 4.78 is 52.3. The van der Waals surface area contributed by atoms with Crippen molar-refractivity contribution in [3.63, 3.8) is 0 Å². The zero-order chi connectivity index (χ0) is 22.3. The van der Waals surface area contributed by atoms with Crippen LogP contribution in [-0.2, 0) is 10.9 Å². The molecule has 5 heterocycles. The number of hydrogen-bond donors (Lipinski definition) is 0. The molecule has 10 heteroatoms. The molecule has 32 heavy (non-hydrogen) atoms. The summed E-state index contributed by atoms with van der Waals surface area (Å²) in [6, 6.07) is 5.56. The first-order valence-corrected chi connectivity index (χ1v) is 10.8. The average Bonchev–Trinajstić information content (AvgIpc) is 3.46. The van der Waals surface area contributed by atoms with Gasteiger partial charge in [0.1, 0.15) is 5.69 Å². The molecule has 0 N–H and O–H groups in total. The van der Waals surface area contributed by atoms with Crippen molar-refractivity contribution in [2.24, 2.45) is 5.92 Å². The van der Waals surface area contributed by atoms with Crippen LogP contribution in [0, 0.1) is 5.92 Å². The lowest BCUT2D eigenvalue weighted by atomic mass is 9.84. The van der Waals surface area contributed by atoms with Crippen LogP contribution in [0.2, 0.25) is 0 Å². The Morgan fingerprint density at radius 2 is 2.03 bits per heavy atom. The maximum absolute atomic E-state index is 13.7. The summed E-state index contributed by atoms with van der Waals surface area (Å²) in [5.74, 6) is -0.312. The monoisotopic (exact) mass is 448 g/mol. The van der Waals surface area contributed by atoms with Crippen LogP contribution in [0.3, 0.4) is 0 Å². The largest absolute Gasteiger partial charge is 0.463 e. The molecule has 0 amide bonds. The van der Waals surface area contributed by atoms with E-state index in [1.165, 1.54) is 31.2 Å². The fourth-order valence-electron chi connectivity index (χ4n) is 4.85.